The Hall–Kier alpha value is -0.920. The molecule has 0 aliphatic carbocycles. The Morgan fingerprint density at radius 2 is 1.86 bits per heavy atom. The standard InChI is InChI=1S/C14H28N4O2S/c1-4-6-7-8-10-16-21(19,20)14-12(3)17-18-13(14)11-15-9-5-2/h15-16H,4-11H2,1-3H3,(H,17,18). The predicted molar refractivity (Wildman–Crippen MR) is 84.7 cm³/mol. The average molecular weight is 316 g/mol. The summed E-state index contributed by atoms with van der Waals surface area (Å²) in [6, 6.07) is 0. The molecule has 0 radical (unpaired) electrons. The molecule has 0 unspecified atom stereocenters. The van der Waals surface area contributed by atoms with E-state index in [4.69, 9.17) is 0 Å². The van der Waals surface area contributed by atoms with Crippen molar-refractivity contribution >= 4 is 10.0 Å². The number of hydrogen-bond acceptors (Lipinski definition) is 4. The van der Waals surface area contributed by atoms with Crippen LogP contribution in [0.5, 0.6) is 0 Å². The van der Waals surface area contributed by atoms with Crippen molar-refractivity contribution in [1.29, 1.82) is 0 Å². The van der Waals surface area contributed by atoms with Crippen molar-refractivity contribution in [2.45, 2.75) is 64.3 Å². The van der Waals surface area contributed by atoms with E-state index in [0.717, 1.165) is 38.6 Å². The van der Waals surface area contributed by atoms with Gasteiger partial charge in [0.15, 0.2) is 0 Å². The first-order valence-electron chi connectivity index (χ1n) is 7.77. The number of nitrogens with one attached hydrogen (secondary N) is 3. The molecule has 1 rings (SSSR count). The molecule has 1 aromatic rings. The van der Waals surface area contributed by atoms with Gasteiger partial charge in [-0.05, 0) is 26.3 Å². The lowest BCUT2D eigenvalue weighted by Gasteiger charge is -2.08. The molecule has 7 heteroatoms. The minimum atomic E-state index is -3.49. The Balaban J connectivity index is 2.66. The molecule has 0 bridgehead atoms. The zero-order valence-electron chi connectivity index (χ0n) is 13.3. The summed E-state index contributed by atoms with van der Waals surface area (Å²) in [6.45, 7) is 7.73. The molecular formula is C14H28N4O2S. The van der Waals surface area contributed by atoms with Crippen molar-refractivity contribution in [3.63, 3.8) is 0 Å². The van der Waals surface area contributed by atoms with Crippen molar-refractivity contribution in [2.24, 2.45) is 0 Å². The van der Waals surface area contributed by atoms with Gasteiger partial charge in [0.25, 0.3) is 0 Å². The largest absolute Gasteiger partial charge is 0.311 e. The highest BCUT2D eigenvalue weighted by Crippen LogP contribution is 2.17. The molecule has 0 aliphatic heterocycles. The highest BCUT2D eigenvalue weighted by Gasteiger charge is 2.23. The van der Waals surface area contributed by atoms with Gasteiger partial charge in [-0.25, -0.2) is 13.1 Å². The van der Waals surface area contributed by atoms with E-state index in [9.17, 15) is 8.42 Å². The first-order chi connectivity index (χ1) is 10.0. The molecule has 0 saturated carbocycles. The number of aromatic nitrogens is 2. The fourth-order valence-electron chi connectivity index (χ4n) is 2.16. The lowest BCUT2D eigenvalue weighted by atomic mass is 10.2. The molecule has 122 valence electrons. The normalized spacial score (nSPS) is 12.0. The summed E-state index contributed by atoms with van der Waals surface area (Å²) in [5.74, 6) is 0. The minimum absolute atomic E-state index is 0.293. The van der Waals surface area contributed by atoms with E-state index in [0.29, 0.717) is 29.4 Å². The lowest BCUT2D eigenvalue weighted by molar-refractivity contribution is 0.570. The topological polar surface area (TPSA) is 86.9 Å². The molecule has 1 heterocycles. The van der Waals surface area contributed by atoms with E-state index in [-0.39, 0.29) is 0 Å². The van der Waals surface area contributed by atoms with Crippen molar-refractivity contribution < 1.29 is 8.42 Å². The highest BCUT2D eigenvalue weighted by molar-refractivity contribution is 7.89. The van der Waals surface area contributed by atoms with Gasteiger partial charge in [-0.15, -0.1) is 0 Å². The van der Waals surface area contributed by atoms with Crippen LogP contribution in [0.4, 0.5) is 0 Å². The maximum absolute atomic E-state index is 12.4. The lowest BCUT2D eigenvalue weighted by Crippen LogP contribution is -2.27. The molecule has 0 aromatic carbocycles. The molecule has 0 atom stereocenters. The monoisotopic (exact) mass is 316 g/mol. The van der Waals surface area contributed by atoms with Crippen LogP contribution in [-0.2, 0) is 16.6 Å². The number of rotatable bonds is 11. The van der Waals surface area contributed by atoms with Gasteiger partial charge >= 0.3 is 0 Å². The maximum atomic E-state index is 12.4. The molecule has 3 N–H and O–H groups in total. The van der Waals surface area contributed by atoms with Crippen LogP contribution in [0.1, 0.15) is 57.3 Å². The summed E-state index contributed by atoms with van der Waals surface area (Å²) in [4.78, 5) is 0.293. The Kier molecular flexibility index (Phi) is 7.92. The second kappa shape index (κ2) is 9.17. The van der Waals surface area contributed by atoms with Crippen LogP contribution in [0.3, 0.4) is 0 Å². The molecule has 0 fully saturated rings. The predicted octanol–water partition coefficient (Wildman–Crippen LogP) is 2.08. The SMILES string of the molecule is CCCCCCNS(=O)(=O)c1c(CNCCC)n[nH]c1C. The second-order valence-electron chi connectivity index (χ2n) is 5.26. The summed E-state index contributed by atoms with van der Waals surface area (Å²) < 4.78 is 27.5. The minimum Gasteiger partial charge on any atom is -0.311 e. The number of sulfonamides is 1. The van der Waals surface area contributed by atoms with Crippen molar-refractivity contribution in [2.75, 3.05) is 13.1 Å². The molecule has 6 nitrogen and oxygen atoms in total. The van der Waals surface area contributed by atoms with Gasteiger partial charge in [0.05, 0.1) is 11.4 Å². The van der Waals surface area contributed by atoms with Crippen molar-refractivity contribution in [3.8, 4) is 0 Å². The molecular weight excluding hydrogens is 288 g/mol. The maximum Gasteiger partial charge on any atom is 0.244 e. The van der Waals surface area contributed by atoms with Crippen LogP contribution in [-0.4, -0.2) is 31.7 Å². The van der Waals surface area contributed by atoms with Gasteiger partial charge in [0.2, 0.25) is 10.0 Å². The molecule has 0 aliphatic rings. The van der Waals surface area contributed by atoms with E-state index in [1.807, 2.05) is 0 Å². The zero-order chi connectivity index (χ0) is 15.7. The average Bonchev–Trinajstić information content (AvgIpc) is 2.81. The third-order valence-corrected chi connectivity index (χ3v) is 4.94. The van der Waals surface area contributed by atoms with Crippen LogP contribution in [0.15, 0.2) is 4.90 Å². The number of nitrogens with zero attached hydrogens (tertiary/aromatic N) is 1. The first-order valence-corrected chi connectivity index (χ1v) is 9.25. The van der Waals surface area contributed by atoms with Gasteiger partial charge in [0.1, 0.15) is 4.90 Å². The number of aromatic amines is 1. The molecule has 21 heavy (non-hydrogen) atoms. The highest BCUT2D eigenvalue weighted by atomic mass is 32.2. The summed E-state index contributed by atoms with van der Waals surface area (Å²) >= 11 is 0. The van der Waals surface area contributed by atoms with Gasteiger partial charge in [0, 0.05) is 13.1 Å². The molecule has 0 amide bonds. The van der Waals surface area contributed by atoms with Crippen molar-refractivity contribution in [3.05, 3.63) is 11.4 Å². The second-order valence-corrected chi connectivity index (χ2v) is 6.96. The van der Waals surface area contributed by atoms with Gasteiger partial charge in [-0.1, -0.05) is 33.1 Å². The summed E-state index contributed by atoms with van der Waals surface area (Å²) in [5.41, 5.74) is 1.14. The van der Waals surface area contributed by atoms with E-state index in [1.54, 1.807) is 6.92 Å². The third-order valence-electron chi connectivity index (χ3n) is 3.27. The first kappa shape index (κ1) is 18.1. The Morgan fingerprint density at radius 3 is 2.52 bits per heavy atom. The molecule has 1 aromatic heterocycles. The quantitative estimate of drug-likeness (QED) is 0.545. The Bertz CT molecular complexity index is 511. The number of aryl methyl sites for hydroxylation is 1. The summed E-state index contributed by atoms with van der Waals surface area (Å²) in [6.07, 6.45) is 5.20. The number of unbranched alkanes of at least 4 members (excludes halogenated alkanes) is 3. The van der Waals surface area contributed by atoms with Gasteiger partial charge in [-0.3, -0.25) is 5.10 Å². The third kappa shape index (κ3) is 5.76. The Labute approximate surface area is 128 Å². The van der Waals surface area contributed by atoms with Crippen LogP contribution in [0.2, 0.25) is 0 Å². The van der Waals surface area contributed by atoms with E-state index in [1.165, 1.54) is 0 Å². The van der Waals surface area contributed by atoms with Gasteiger partial charge < -0.3 is 5.32 Å². The van der Waals surface area contributed by atoms with E-state index in [2.05, 4.69) is 34.1 Å². The summed E-state index contributed by atoms with van der Waals surface area (Å²) in [7, 11) is -3.49. The van der Waals surface area contributed by atoms with Crippen LogP contribution >= 0.6 is 0 Å². The van der Waals surface area contributed by atoms with Gasteiger partial charge in [-0.2, -0.15) is 5.10 Å². The fraction of sp³-hybridized carbons (Fsp3) is 0.786. The zero-order valence-corrected chi connectivity index (χ0v) is 14.1. The van der Waals surface area contributed by atoms with Crippen LogP contribution in [0, 0.1) is 6.92 Å². The van der Waals surface area contributed by atoms with E-state index >= 15 is 0 Å². The van der Waals surface area contributed by atoms with Crippen molar-refractivity contribution in [1.82, 2.24) is 20.2 Å². The summed E-state index contributed by atoms with van der Waals surface area (Å²) in [5, 5.41) is 10.1. The molecule has 0 saturated heterocycles. The molecule has 0 spiro atoms. The smallest absolute Gasteiger partial charge is 0.244 e. The number of hydrogen-bond donors (Lipinski definition) is 3. The van der Waals surface area contributed by atoms with Crippen LogP contribution < -0.4 is 10.0 Å². The van der Waals surface area contributed by atoms with E-state index < -0.39 is 10.0 Å². The van der Waals surface area contributed by atoms with Crippen LogP contribution in [0.25, 0.3) is 0 Å². The number of H-pyrrole nitrogens is 1. The Morgan fingerprint density at radius 1 is 1.10 bits per heavy atom. The fourth-order valence-corrected chi connectivity index (χ4v) is 3.59.